The lowest BCUT2D eigenvalue weighted by Gasteiger charge is -2.16. The number of para-hydroxylation sites is 1. The Labute approximate surface area is 105 Å². The molecule has 0 aliphatic carbocycles. The highest BCUT2D eigenvalue weighted by molar-refractivity contribution is 7.71. The van der Waals surface area contributed by atoms with Crippen LogP contribution in [0.25, 0.3) is 11.0 Å². The van der Waals surface area contributed by atoms with E-state index < -0.39 is 18.9 Å². The van der Waals surface area contributed by atoms with Gasteiger partial charge in [0.25, 0.3) is 0 Å². The minimum atomic E-state index is -4.10. The van der Waals surface area contributed by atoms with Crippen molar-refractivity contribution < 1.29 is 17.6 Å². The van der Waals surface area contributed by atoms with E-state index in [4.69, 9.17) is 12.2 Å². The lowest BCUT2D eigenvalue weighted by molar-refractivity contribution is -0.137. The Morgan fingerprint density at radius 1 is 1.39 bits per heavy atom. The molecular weight excluding hydrogens is 268 g/mol. The van der Waals surface area contributed by atoms with Crippen LogP contribution in [0.5, 0.6) is 0 Å². The van der Waals surface area contributed by atoms with Gasteiger partial charge in [0.2, 0.25) is 0 Å². The number of halogens is 4. The molecule has 1 aromatic carbocycles. The Morgan fingerprint density at radius 3 is 2.67 bits per heavy atom. The molecule has 7 heteroatoms. The molecule has 1 heterocycles. The van der Waals surface area contributed by atoms with Gasteiger partial charge in [-0.3, -0.25) is 0 Å². The van der Waals surface area contributed by atoms with Crippen LogP contribution >= 0.6 is 12.2 Å². The van der Waals surface area contributed by atoms with Gasteiger partial charge >= 0.3 is 12.3 Å². The van der Waals surface area contributed by atoms with E-state index in [1.807, 2.05) is 0 Å². The fourth-order valence-electron chi connectivity index (χ4n) is 1.83. The Bertz CT molecular complexity index is 629. The molecule has 0 aliphatic rings. The van der Waals surface area contributed by atoms with Gasteiger partial charge in [0.05, 0.1) is 17.6 Å². The van der Waals surface area contributed by atoms with Crippen LogP contribution in [0.4, 0.5) is 17.6 Å². The summed E-state index contributed by atoms with van der Waals surface area (Å²) in [6.45, 7) is 0.580. The summed E-state index contributed by atoms with van der Waals surface area (Å²) in [5, 5.41) is 0. The zero-order valence-electron chi connectivity index (χ0n) is 9.38. The van der Waals surface area contributed by atoms with E-state index in [9.17, 15) is 17.6 Å². The van der Waals surface area contributed by atoms with Crippen LogP contribution in [-0.2, 0) is 6.54 Å². The molecular formula is C11H10F4N2S. The van der Waals surface area contributed by atoms with Crippen LogP contribution in [0, 0.1) is 11.7 Å². The second-order valence-electron chi connectivity index (χ2n) is 4.05. The lowest BCUT2D eigenvalue weighted by atomic mass is 10.2. The summed E-state index contributed by atoms with van der Waals surface area (Å²) >= 11 is 4.90. The first-order valence-corrected chi connectivity index (χ1v) is 5.58. The van der Waals surface area contributed by atoms with Gasteiger partial charge in [-0.1, -0.05) is 12.1 Å². The molecule has 2 nitrogen and oxygen atoms in total. The first-order valence-electron chi connectivity index (χ1n) is 5.17. The van der Waals surface area contributed by atoms with E-state index in [1.165, 1.54) is 0 Å². The third-order valence-corrected chi connectivity index (χ3v) is 3.01. The van der Waals surface area contributed by atoms with Crippen LogP contribution in [0.2, 0.25) is 0 Å². The largest absolute Gasteiger partial charge is 0.331 e. The van der Waals surface area contributed by atoms with Crippen LogP contribution in [-0.4, -0.2) is 21.9 Å². The number of hydrogen-bond donors (Lipinski definition) is 1. The van der Waals surface area contributed by atoms with Gasteiger partial charge in [-0.05, 0) is 30.8 Å². The third kappa shape index (κ3) is 2.14. The molecule has 18 heavy (non-hydrogen) atoms. The summed E-state index contributed by atoms with van der Waals surface area (Å²) in [5.74, 6) is -4.10. The predicted octanol–water partition coefficient (Wildman–Crippen LogP) is 3.91. The van der Waals surface area contributed by atoms with Crippen LogP contribution < -0.4 is 0 Å². The number of aromatic nitrogens is 2. The fraction of sp³-hybridized carbons (Fsp3) is 0.364. The van der Waals surface area contributed by atoms with Crippen LogP contribution in [0.3, 0.4) is 0 Å². The smallest absolute Gasteiger partial charge is 0.324 e. The molecule has 0 fully saturated rings. The van der Waals surface area contributed by atoms with Gasteiger partial charge in [0, 0.05) is 0 Å². The second kappa shape index (κ2) is 4.38. The van der Waals surface area contributed by atoms with E-state index in [0.29, 0.717) is 16.6 Å². The third-order valence-electron chi connectivity index (χ3n) is 2.68. The van der Waals surface area contributed by atoms with Crippen molar-refractivity contribution in [2.45, 2.75) is 25.8 Å². The maximum Gasteiger partial charge on any atom is 0.324 e. The Balaban J connectivity index is 2.58. The lowest BCUT2D eigenvalue weighted by Crippen LogP contribution is -2.32. The summed E-state index contributed by atoms with van der Waals surface area (Å²) in [5.41, 5.74) is 1.69. The number of alkyl halides is 4. The minimum Gasteiger partial charge on any atom is -0.331 e. The number of hydrogen-bond acceptors (Lipinski definition) is 1. The summed E-state index contributed by atoms with van der Waals surface area (Å²) in [6, 6.07) is 5.11. The topological polar surface area (TPSA) is 20.7 Å². The standard InChI is InChI=1S/C11H10F4N2S/c1-6-3-2-4-7-8(6)17(10(18)16-7)5-11(14,15)9(12)13/h2-4,9H,5H2,1H3,(H,16,18). The van der Waals surface area contributed by atoms with Crippen molar-refractivity contribution in [2.75, 3.05) is 0 Å². The average molecular weight is 278 g/mol. The number of aryl methyl sites for hydroxylation is 1. The van der Waals surface area contributed by atoms with Crippen LogP contribution in [0.15, 0.2) is 18.2 Å². The first kappa shape index (κ1) is 13.1. The Kier molecular flexibility index (Phi) is 3.18. The zero-order chi connectivity index (χ0) is 13.5. The molecule has 0 aliphatic heterocycles. The number of benzene rings is 1. The monoisotopic (exact) mass is 278 g/mol. The highest BCUT2D eigenvalue weighted by Crippen LogP contribution is 2.28. The molecule has 0 unspecified atom stereocenters. The number of H-pyrrole nitrogens is 1. The number of imidazole rings is 1. The molecule has 0 bridgehead atoms. The molecule has 0 atom stereocenters. The van der Waals surface area contributed by atoms with Crippen molar-refractivity contribution in [2.24, 2.45) is 0 Å². The Morgan fingerprint density at radius 2 is 2.06 bits per heavy atom. The van der Waals surface area contributed by atoms with Gasteiger partial charge in [-0.25, -0.2) is 8.78 Å². The van der Waals surface area contributed by atoms with Crippen molar-refractivity contribution in [1.82, 2.24) is 9.55 Å². The molecule has 0 amide bonds. The van der Waals surface area contributed by atoms with Crippen molar-refractivity contribution in [1.29, 1.82) is 0 Å². The van der Waals surface area contributed by atoms with Gasteiger partial charge in [-0.15, -0.1) is 0 Å². The summed E-state index contributed by atoms with van der Waals surface area (Å²) in [7, 11) is 0. The molecule has 1 aromatic heterocycles. The van der Waals surface area contributed by atoms with E-state index in [2.05, 4.69) is 4.98 Å². The second-order valence-corrected chi connectivity index (χ2v) is 4.44. The van der Waals surface area contributed by atoms with Crippen molar-refractivity contribution >= 4 is 23.3 Å². The SMILES string of the molecule is Cc1cccc2[nH]c(=S)n(CC(F)(F)C(F)F)c12. The van der Waals surface area contributed by atoms with E-state index in [0.717, 1.165) is 4.57 Å². The Hall–Kier alpha value is -1.37. The molecule has 1 N–H and O–H groups in total. The van der Waals surface area contributed by atoms with E-state index in [-0.39, 0.29) is 4.77 Å². The van der Waals surface area contributed by atoms with Crippen molar-refractivity contribution in [3.05, 3.63) is 28.5 Å². The summed E-state index contributed by atoms with van der Waals surface area (Å²) in [6.07, 6.45) is -3.71. The van der Waals surface area contributed by atoms with E-state index in [1.54, 1.807) is 25.1 Å². The molecule has 0 radical (unpaired) electrons. The maximum absolute atomic E-state index is 13.1. The molecule has 2 rings (SSSR count). The van der Waals surface area contributed by atoms with Crippen LogP contribution in [0.1, 0.15) is 5.56 Å². The molecule has 0 saturated heterocycles. The molecule has 0 saturated carbocycles. The fourth-order valence-corrected chi connectivity index (χ4v) is 2.10. The summed E-state index contributed by atoms with van der Waals surface area (Å²) < 4.78 is 51.7. The normalized spacial score (nSPS) is 12.6. The van der Waals surface area contributed by atoms with Crippen molar-refractivity contribution in [3.8, 4) is 0 Å². The number of aromatic amines is 1. The molecule has 2 aromatic rings. The quantitative estimate of drug-likeness (QED) is 0.667. The van der Waals surface area contributed by atoms with Gasteiger partial charge < -0.3 is 9.55 Å². The predicted molar refractivity (Wildman–Crippen MR) is 62.8 cm³/mol. The number of rotatable bonds is 3. The number of fused-ring (bicyclic) bond motifs is 1. The zero-order valence-corrected chi connectivity index (χ0v) is 10.2. The van der Waals surface area contributed by atoms with Gasteiger partial charge in [0.15, 0.2) is 4.77 Å². The van der Waals surface area contributed by atoms with Crippen molar-refractivity contribution in [3.63, 3.8) is 0 Å². The highest BCUT2D eigenvalue weighted by atomic mass is 32.1. The average Bonchev–Trinajstić information content (AvgIpc) is 2.56. The van der Waals surface area contributed by atoms with Gasteiger partial charge in [0.1, 0.15) is 0 Å². The molecule has 98 valence electrons. The molecule has 0 spiro atoms. The van der Waals surface area contributed by atoms with E-state index >= 15 is 0 Å². The maximum atomic E-state index is 13.1. The number of nitrogens with zero attached hydrogens (tertiary/aromatic N) is 1. The summed E-state index contributed by atoms with van der Waals surface area (Å²) in [4.78, 5) is 2.73. The first-order chi connectivity index (χ1) is 8.33. The number of nitrogens with one attached hydrogen (secondary N) is 1. The van der Waals surface area contributed by atoms with Gasteiger partial charge in [-0.2, -0.15) is 8.78 Å². The minimum absolute atomic E-state index is 0.0135. The highest BCUT2D eigenvalue weighted by Gasteiger charge is 2.41.